The Balaban J connectivity index is 1.61. The van der Waals surface area contributed by atoms with E-state index < -0.39 is 12.0 Å². The second-order valence-electron chi connectivity index (χ2n) is 6.60. The molecule has 1 fully saturated rings. The first-order valence-electron chi connectivity index (χ1n) is 8.89. The van der Waals surface area contributed by atoms with E-state index in [2.05, 4.69) is 35.8 Å². The Kier molecular flexibility index (Phi) is 5.09. The summed E-state index contributed by atoms with van der Waals surface area (Å²) in [6.45, 7) is 2.85. The number of aromatic nitrogens is 3. The highest BCUT2D eigenvalue weighted by Crippen LogP contribution is 2.31. The summed E-state index contributed by atoms with van der Waals surface area (Å²) in [6.07, 6.45) is 6.14. The van der Waals surface area contributed by atoms with E-state index in [4.69, 9.17) is 0 Å². The van der Waals surface area contributed by atoms with Crippen LogP contribution in [0, 0.1) is 0 Å². The van der Waals surface area contributed by atoms with Crippen molar-refractivity contribution in [2.24, 2.45) is 0 Å². The average Bonchev–Trinajstić information content (AvgIpc) is 2.91. The molecule has 1 aromatic carbocycles. The summed E-state index contributed by atoms with van der Waals surface area (Å²) in [4.78, 5) is 28.2. The van der Waals surface area contributed by atoms with Gasteiger partial charge in [0, 0.05) is 65.7 Å². The summed E-state index contributed by atoms with van der Waals surface area (Å²) in [5.74, 6) is -0.137. The summed E-state index contributed by atoms with van der Waals surface area (Å²) in [5, 5.41) is 10.9. The van der Waals surface area contributed by atoms with E-state index in [1.54, 1.807) is 18.5 Å². The molecule has 0 unspecified atom stereocenters. The summed E-state index contributed by atoms with van der Waals surface area (Å²) in [5.41, 5.74) is 1.73. The molecule has 3 aromatic rings. The number of carbonyl (C=O) groups is 1. The Morgan fingerprint density at radius 1 is 1.19 bits per heavy atom. The Bertz CT molecular complexity index is 946. The predicted octanol–water partition coefficient (Wildman–Crippen LogP) is 3.06. The molecular formula is C19H20BrN5O2. The van der Waals surface area contributed by atoms with Gasteiger partial charge >= 0.3 is 5.97 Å². The molecule has 0 spiro atoms. The molecule has 0 radical (unpaired) electrons. The van der Waals surface area contributed by atoms with Crippen molar-refractivity contribution in [3.8, 4) is 0 Å². The van der Waals surface area contributed by atoms with Gasteiger partial charge in [-0.1, -0.05) is 15.9 Å². The van der Waals surface area contributed by atoms with Crippen LogP contribution in [-0.2, 0) is 4.79 Å². The number of benzene rings is 1. The van der Waals surface area contributed by atoms with E-state index in [9.17, 15) is 9.90 Å². The molecule has 0 aliphatic carbocycles. The minimum atomic E-state index is -0.833. The number of anilines is 1. The summed E-state index contributed by atoms with van der Waals surface area (Å²) < 4.78 is 0.934. The highest BCUT2D eigenvalue weighted by Gasteiger charge is 2.31. The highest BCUT2D eigenvalue weighted by atomic mass is 79.9. The van der Waals surface area contributed by atoms with Crippen molar-refractivity contribution in [1.82, 2.24) is 19.9 Å². The summed E-state index contributed by atoms with van der Waals surface area (Å²) in [7, 11) is 0. The molecule has 1 aliphatic heterocycles. The minimum Gasteiger partial charge on any atom is -0.480 e. The monoisotopic (exact) mass is 429 g/mol. The van der Waals surface area contributed by atoms with Crippen LogP contribution in [0.4, 0.5) is 5.95 Å². The number of fused-ring (bicyclic) bond motifs is 1. The number of H-pyrrole nitrogens is 1. The van der Waals surface area contributed by atoms with Crippen molar-refractivity contribution < 1.29 is 9.90 Å². The maximum Gasteiger partial charge on any atom is 0.325 e. The lowest BCUT2D eigenvalue weighted by molar-refractivity contribution is -0.143. The van der Waals surface area contributed by atoms with Gasteiger partial charge in [0.1, 0.15) is 6.04 Å². The highest BCUT2D eigenvalue weighted by molar-refractivity contribution is 9.10. The van der Waals surface area contributed by atoms with Gasteiger partial charge in [-0.2, -0.15) is 0 Å². The SMILES string of the molecule is O=C(O)[C@H](c1c[nH]c2ccc(Br)cc12)N1CCCN(c2ncccn2)CC1. The van der Waals surface area contributed by atoms with Gasteiger partial charge in [-0.05, 0) is 30.7 Å². The van der Waals surface area contributed by atoms with E-state index in [0.29, 0.717) is 25.6 Å². The average molecular weight is 430 g/mol. The smallest absolute Gasteiger partial charge is 0.325 e. The van der Waals surface area contributed by atoms with Crippen molar-refractivity contribution >= 4 is 38.8 Å². The van der Waals surface area contributed by atoms with Crippen LogP contribution in [-0.4, -0.2) is 57.1 Å². The molecule has 2 aromatic heterocycles. The second-order valence-corrected chi connectivity index (χ2v) is 7.52. The van der Waals surface area contributed by atoms with Crippen LogP contribution < -0.4 is 4.90 Å². The molecule has 4 rings (SSSR count). The fraction of sp³-hybridized carbons (Fsp3) is 0.316. The third kappa shape index (κ3) is 3.68. The van der Waals surface area contributed by atoms with Crippen molar-refractivity contribution in [1.29, 1.82) is 0 Å². The zero-order valence-electron chi connectivity index (χ0n) is 14.7. The second kappa shape index (κ2) is 7.66. The number of aromatic amines is 1. The van der Waals surface area contributed by atoms with Crippen LogP contribution in [0.3, 0.4) is 0 Å². The van der Waals surface area contributed by atoms with Gasteiger partial charge < -0.3 is 15.0 Å². The van der Waals surface area contributed by atoms with Gasteiger partial charge in [0.25, 0.3) is 0 Å². The minimum absolute atomic E-state index is 0.635. The number of carboxylic acid groups (broad SMARTS) is 1. The quantitative estimate of drug-likeness (QED) is 0.662. The van der Waals surface area contributed by atoms with Gasteiger partial charge in [0.05, 0.1) is 0 Å². The maximum absolute atomic E-state index is 12.2. The molecule has 1 aliphatic rings. The zero-order chi connectivity index (χ0) is 18.8. The van der Waals surface area contributed by atoms with E-state index in [0.717, 1.165) is 33.9 Å². The predicted molar refractivity (Wildman–Crippen MR) is 107 cm³/mol. The Morgan fingerprint density at radius 3 is 2.78 bits per heavy atom. The molecule has 7 nitrogen and oxygen atoms in total. The fourth-order valence-electron chi connectivity index (χ4n) is 3.68. The van der Waals surface area contributed by atoms with Crippen LogP contribution in [0.15, 0.2) is 47.3 Å². The molecule has 2 N–H and O–H groups in total. The molecule has 140 valence electrons. The third-order valence-corrected chi connectivity index (χ3v) is 5.43. The van der Waals surface area contributed by atoms with Crippen LogP contribution in [0.25, 0.3) is 10.9 Å². The summed E-state index contributed by atoms with van der Waals surface area (Å²) in [6, 6.07) is 6.98. The van der Waals surface area contributed by atoms with Crippen LogP contribution >= 0.6 is 15.9 Å². The molecule has 27 heavy (non-hydrogen) atoms. The Labute approximate surface area is 165 Å². The van der Waals surface area contributed by atoms with E-state index in [-0.39, 0.29) is 0 Å². The molecule has 8 heteroatoms. The molecular weight excluding hydrogens is 410 g/mol. The van der Waals surface area contributed by atoms with Crippen molar-refractivity contribution in [3.05, 3.63) is 52.9 Å². The van der Waals surface area contributed by atoms with Crippen LogP contribution in [0.1, 0.15) is 18.0 Å². The van der Waals surface area contributed by atoms with Crippen molar-refractivity contribution in [2.75, 3.05) is 31.1 Å². The number of hydrogen-bond donors (Lipinski definition) is 2. The van der Waals surface area contributed by atoms with E-state index in [1.807, 2.05) is 29.3 Å². The number of halogens is 1. The van der Waals surface area contributed by atoms with Crippen LogP contribution in [0.2, 0.25) is 0 Å². The molecule has 0 bridgehead atoms. The third-order valence-electron chi connectivity index (χ3n) is 4.93. The number of nitrogens with one attached hydrogen (secondary N) is 1. The Hall–Kier alpha value is -2.45. The molecule has 0 saturated carbocycles. The number of carboxylic acids is 1. The van der Waals surface area contributed by atoms with Gasteiger partial charge in [-0.15, -0.1) is 0 Å². The number of aliphatic carboxylic acids is 1. The zero-order valence-corrected chi connectivity index (χ0v) is 16.3. The number of rotatable bonds is 4. The molecule has 1 saturated heterocycles. The van der Waals surface area contributed by atoms with Gasteiger partial charge in [-0.25, -0.2) is 9.97 Å². The number of nitrogens with zero attached hydrogens (tertiary/aromatic N) is 4. The van der Waals surface area contributed by atoms with Crippen LogP contribution in [0.5, 0.6) is 0 Å². The van der Waals surface area contributed by atoms with E-state index >= 15 is 0 Å². The topological polar surface area (TPSA) is 85.4 Å². The standard InChI is InChI=1S/C19H20BrN5O2/c20-13-3-4-16-14(11-13)15(12-23-16)17(18(26)27)24-7-2-8-25(10-9-24)19-21-5-1-6-22-19/h1,3-6,11-12,17,23H,2,7-10H2,(H,26,27)/t17-/m0/s1. The first-order chi connectivity index (χ1) is 13.1. The Morgan fingerprint density at radius 2 is 2.00 bits per heavy atom. The summed E-state index contributed by atoms with van der Waals surface area (Å²) >= 11 is 3.48. The van der Waals surface area contributed by atoms with E-state index in [1.165, 1.54) is 0 Å². The van der Waals surface area contributed by atoms with Gasteiger partial charge in [-0.3, -0.25) is 9.69 Å². The normalized spacial score (nSPS) is 17.0. The van der Waals surface area contributed by atoms with Crippen molar-refractivity contribution in [2.45, 2.75) is 12.5 Å². The molecule has 1 atom stereocenters. The van der Waals surface area contributed by atoms with Gasteiger partial charge in [0.15, 0.2) is 0 Å². The van der Waals surface area contributed by atoms with Gasteiger partial charge in [0.2, 0.25) is 5.95 Å². The maximum atomic E-state index is 12.2. The lowest BCUT2D eigenvalue weighted by Gasteiger charge is -2.27. The molecule has 3 heterocycles. The lowest BCUT2D eigenvalue weighted by atomic mass is 10.0. The number of hydrogen-bond acceptors (Lipinski definition) is 5. The first-order valence-corrected chi connectivity index (χ1v) is 9.68. The largest absolute Gasteiger partial charge is 0.480 e. The fourth-order valence-corrected chi connectivity index (χ4v) is 4.04. The first kappa shape index (κ1) is 17.9. The lowest BCUT2D eigenvalue weighted by Crippen LogP contribution is -2.37. The van der Waals surface area contributed by atoms with Crippen molar-refractivity contribution in [3.63, 3.8) is 0 Å². The molecule has 0 amide bonds.